The Morgan fingerprint density at radius 3 is 2.94 bits per heavy atom. The van der Waals surface area contributed by atoms with Crippen LogP contribution in [0.1, 0.15) is 42.0 Å². The van der Waals surface area contributed by atoms with Gasteiger partial charge in [0.2, 0.25) is 0 Å². The first-order valence-electron chi connectivity index (χ1n) is 6.73. The van der Waals surface area contributed by atoms with E-state index >= 15 is 0 Å². The average molecular weight is 241 g/mol. The Kier molecular flexibility index (Phi) is 3.20. The first-order chi connectivity index (χ1) is 8.90. The van der Waals surface area contributed by atoms with Crippen LogP contribution in [0, 0.1) is 0 Å². The van der Waals surface area contributed by atoms with Gasteiger partial charge in [-0.1, -0.05) is 31.2 Å². The summed E-state index contributed by atoms with van der Waals surface area (Å²) in [6.45, 7) is 3.25. The van der Waals surface area contributed by atoms with Crippen LogP contribution < -0.4 is 5.32 Å². The van der Waals surface area contributed by atoms with Crippen molar-refractivity contribution in [1.82, 2.24) is 5.32 Å². The van der Waals surface area contributed by atoms with Crippen LogP contribution in [0.5, 0.6) is 0 Å². The molecule has 1 heterocycles. The number of hydrogen-bond donors (Lipinski definition) is 1. The predicted molar refractivity (Wildman–Crippen MR) is 72.6 cm³/mol. The van der Waals surface area contributed by atoms with E-state index in [0.29, 0.717) is 12.0 Å². The highest BCUT2D eigenvalue weighted by Crippen LogP contribution is 2.43. The summed E-state index contributed by atoms with van der Waals surface area (Å²) in [5.41, 5.74) is 4.25. The molecule has 1 aliphatic rings. The molecule has 3 rings (SSSR count). The summed E-state index contributed by atoms with van der Waals surface area (Å²) >= 11 is 0. The minimum atomic E-state index is 0.388. The second kappa shape index (κ2) is 4.99. The number of hydrogen-bond acceptors (Lipinski definition) is 2. The number of nitrogens with one attached hydrogen (secondary N) is 1. The van der Waals surface area contributed by atoms with Crippen LogP contribution >= 0.6 is 0 Å². The summed E-state index contributed by atoms with van der Waals surface area (Å²) in [6, 6.07) is 11.2. The second-order valence-corrected chi connectivity index (χ2v) is 5.00. The molecule has 0 spiro atoms. The molecule has 1 N–H and O–H groups in total. The smallest absolute Gasteiger partial charge is 0.0950 e. The maximum absolute atomic E-state index is 5.24. The van der Waals surface area contributed by atoms with E-state index < -0.39 is 0 Å². The zero-order valence-corrected chi connectivity index (χ0v) is 10.7. The Morgan fingerprint density at radius 1 is 1.33 bits per heavy atom. The minimum Gasteiger partial charge on any atom is -0.472 e. The summed E-state index contributed by atoms with van der Waals surface area (Å²) in [7, 11) is 0. The highest BCUT2D eigenvalue weighted by Gasteiger charge is 2.33. The van der Waals surface area contributed by atoms with Gasteiger partial charge in [-0.05, 0) is 36.6 Å². The molecule has 2 aromatic rings. The van der Waals surface area contributed by atoms with Crippen molar-refractivity contribution in [1.29, 1.82) is 0 Å². The lowest BCUT2D eigenvalue weighted by atomic mass is 9.72. The Morgan fingerprint density at radius 2 is 2.22 bits per heavy atom. The Bertz CT molecular complexity index is 504. The van der Waals surface area contributed by atoms with Gasteiger partial charge in [-0.3, -0.25) is 0 Å². The quantitative estimate of drug-likeness (QED) is 0.864. The van der Waals surface area contributed by atoms with Gasteiger partial charge in [0.1, 0.15) is 0 Å². The number of furan rings is 1. The lowest BCUT2D eigenvalue weighted by Gasteiger charge is -2.36. The van der Waals surface area contributed by atoms with E-state index in [1.165, 1.54) is 23.1 Å². The summed E-state index contributed by atoms with van der Waals surface area (Å²) in [5, 5.41) is 3.65. The maximum atomic E-state index is 5.24. The molecule has 0 saturated carbocycles. The lowest BCUT2D eigenvalue weighted by molar-refractivity contribution is 0.407. The van der Waals surface area contributed by atoms with Crippen molar-refractivity contribution in [3.63, 3.8) is 0 Å². The summed E-state index contributed by atoms with van der Waals surface area (Å²) in [5.74, 6) is 0.588. The standard InChI is InChI=1S/C16H19NO/c1-2-8-17-16(13-7-9-18-11-13)15-10-12-5-3-4-6-14(12)15/h3-7,9,11,15-17H,2,8,10H2,1H3. The van der Waals surface area contributed by atoms with E-state index in [2.05, 4.69) is 42.6 Å². The van der Waals surface area contributed by atoms with Gasteiger partial charge in [0.25, 0.3) is 0 Å². The third kappa shape index (κ3) is 1.97. The van der Waals surface area contributed by atoms with Gasteiger partial charge in [-0.15, -0.1) is 0 Å². The molecular weight excluding hydrogens is 222 g/mol. The normalized spacial score (nSPS) is 19.1. The fraction of sp³-hybridized carbons (Fsp3) is 0.375. The van der Waals surface area contributed by atoms with Crippen LogP contribution in [0.15, 0.2) is 47.3 Å². The third-order valence-electron chi connectivity index (χ3n) is 3.81. The van der Waals surface area contributed by atoms with Gasteiger partial charge in [-0.2, -0.15) is 0 Å². The number of rotatable bonds is 5. The van der Waals surface area contributed by atoms with E-state index in [4.69, 9.17) is 4.42 Å². The lowest BCUT2D eigenvalue weighted by Crippen LogP contribution is -2.33. The molecule has 0 aliphatic heterocycles. The Hall–Kier alpha value is -1.54. The van der Waals surface area contributed by atoms with Crippen LogP contribution in [-0.2, 0) is 6.42 Å². The molecule has 0 fully saturated rings. The van der Waals surface area contributed by atoms with Gasteiger partial charge >= 0.3 is 0 Å². The molecule has 0 saturated heterocycles. The molecule has 2 heteroatoms. The fourth-order valence-corrected chi connectivity index (χ4v) is 2.84. The van der Waals surface area contributed by atoms with Crippen LogP contribution in [-0.4, -0.2) is 6.54 Å². The van der Waals surface area contributed by atoms with Crippen molar-refractivity contribution in [3.8, 4) is 0 Å². The molecule has 1 aromatic carbocycles. The largest absolute Gasteiger partial charge is 0.472 e. The van der Waals surface area contributed by atoms with Gasteiger partial charge < -0.3 is 9.73 Å². The van der Waals surface area contributed by atoms with Crippen molar-refractivity contribution in [2.45, 2.75) is 31.7 Å². The van der Waals surface area contributed by atoms with E-state index in [9.17, 15) is 0 Å². The molecule has 0 bridgehead atoms. The van der Waals surface area contributed by atoms with Crippen molar-refractivity contribution in [2.24, 2.45) is 0 Å². The van der Waals surface area contributed by atoms with Crippen molar-refractivity contribution in [2.75, 3.05) is 6.54 Å². The molecule has 1 aliphatic carbocycles. The minimum absolute atomic E-state index is 0.388. The van der Waals surface area contributed by atoms with E-state index in [1.807, 2.05) is 6.26 Å². The first kappa shape index (κ1) is 11.5. The molecule has 1 aromatic heterocycles. The van der Waals surface area contributed by atoms with Crippen LogP contribution in [0.4, 0.5) is 0 Å². The SMILES string of the molecule is CCCNC(c1ccoc1)C1Cc2ccccc21. The summed E-state index contributed by atoms with van der Waals surface area (Å²) < 4.78 is 5.24. The molecule has 0 radical (unpaired) electrons. The third-order valence-corrected chi connectivity index (χ3v) is 3.81. The summed E-state index contributed by atoms with van der Waals surface area (Å²) in [4.78, 5) is 0. The van der Waals surface area contributed by atoms with E-state index in [-0.39, 0.29) is 0 Å². The van der Waals surface area contributed by atoms with E-state index in [1.54, 1.807) is 6.26 Å². The molecular formula is C16H19NO. The number of fused-ring (bicyclic) bond motifs is 1. The highest BCUT2D eigenvalue weighted by atomic mass is 16.3. The molecule has 94 valence electrons. The van der Waals surface area contributed by atoms with Crippen molar-refractivity contribution < 1.29 is 4.42 Å². The monoisotopic (exact) mass is 241 g/mol. The van der Waals surface area contributed by atoms with E-state index in [0.717, 1.165) is 13.0 Å². The van der Waals surface area contributed by atoms with Gasteiger partial charge in [0.15, 0.2) is 0 Å². The topological polar surface area (TPSA) is 25.2 Å². The maximum Gasteiger partial charge on any atom is 0.0950 e. The zero-order chi connectivity index (χ0) is 12.4. The number of benzene rings is 1. The second-order valence-electron chi connectivity index (χ2n) is 5.00. The first-order valence-corrected chi connectivity index (χ1v) is 6.73. The van der Waals surface area contributed by atoms with Gasteiger partial charge in [-0.25, -0.2) is 0 Å². The fourth-order valence-electron chi connectivity index (χ4n) is 2.84. The molecule has 2 atom stereocenters. The van der Waals surface area contributed by atoms with Crippen LogP contribution in [0.25, 0.3) is 0 Å². The Labute approximate surface area is 108 Å². The molecule has 0 amide bonds. The Balaban J connectivity index is 1.83. The molecule has 2 nitrogen and oxygen atoms in total. The predicted octanol–water partition coefficient (Wildman–Crippen LogP) is 3.66. The zero-order valence-electron chi connectivity index (χ0n) is 10.7. The van der Waals surface area contributed by atoms with Crippen molar-refractivity contribution in [3.05, 3.63) is 59.5 Å². The van der Waals surface area contributed by atoms with Gasteiger partial charge in [0, 0.05) is 17.5 Å². The summed E-state index contributed by atoms with van der Waals surface area (Å²) in [6.07, 6.45) is 5.96. The van der Waals surface area contributed by atoms with Crippen molar-refractivity contribution >= 4 is 0 Å². The van der Waals surface area contributed by atoms with Crippen LogP contribution in [0.3, 0.4) is 0 Å². The highest BCUT2D eigenvalue weighted by molar-refractivity contribution is 5.42. The average Bonchev–Trinajstić information content (AvgIpc) is 2.88. The van der Waals surface area contributed by atoms with Gasteiger partial charge in [0.05, 0.1) is 12.5 Å². The van der Waals surface area contributed by atoms with Crippen LogP contribution in [0.2, 0.25) is 0 Å². The molecule has 2 unspecified atom stereocenters. The molecule has 18 heavy (non-hydrogen) atoms.